The van der Waals surface area contributed by atoms with Crippen molar-refractivity contribution in [1.29, 1.82) is 0 Å². The third-order valence-corrected chi connectivity index (χ3v) is 1.11. The Morgan fingerprint density at radius 2 is 2.38 bits per heavy atom. The molecule has 2 heteroatoms. The Kier molecular flexibility index (Phi) is 4.36. The lowest BCUT2D eigenvalue weighted by molar-refractivity contribution is 1.47. The van der Waals surface area contributed by atoms with Gasteiger partial charge in [-0.2, -0.15) is 0 Å². The first kappa shape index (κ1) is 7.50. The standard InChI is InChI=1S/C6H9NS/c1-4-6(7-2)5-8-3/h4-5H,1-2H2,3H3/b6-5-. The van der Waals surface area contributed by atoms with Crippen molar-refractivity contribution in [1.82, 2.24) is 0 Å². The molecule has 0 atom stereocenters. The molecule has 0 unspecified atom stereocenters. The molecule has 0 bridgehead atoms. The van der Waals surface area contributed by atoms with E-state index in [2.05, 4.69) is 18.3 Å². The van der Waals surface area contributed by atoms with Crippen LogP contribution in [0.1, 0.15) is 0 Å². The third kappa shape index (κ3) is 2.64. The van der Waals surface area contributed by atoms with Gasteiger partial charge in [-0.05, 0) is 24.5 Å². The zero-order valence-corrected chi connectivity index (χ0v) is 5.74. The van der Waals surface area contributed by atoms with Crippen molar-refractivity contribution in [2.45, 2.75) is 0 Å². The van der Waals surface area contributed by atoms with E-state index in [9.17, 15) is 0 Å². The van der Waals surface area contributed by atoms with Crippen LogP contribution >= 0.6 is 11.8 Å². The molecule has 44 valence electrons. The summed E-state index contributed by atoms with van der Waals surface area (Å²) in [7, 11) is 0. The van der Waals surface area contributed by atoms with Crippen molar-refractivity contribution in [3.63, 3.8) is 0 Å². The maximum absolute atomic E-state index is 3.67. The Bertz CT molecular complexity index is 106. The maximum atomic E-state index is 3.67. The van der Waals surface area contributed by atoms with Crippen LogP contribution in [0.5, 0.6) is 0 Å². The fourth-order valence-electron chi connectivity index (χ4n) is 0.271. The van der Waals surface area contributed by atoms with Crippen LogP contribution in [0.3, 0.4) is 0 Å². The number of allylic oxidation sites excluding steroid dienone is 1. The summed E-state index contributed by atoms with van der Waals surface area (Å²) >= 11 is 1.59. The molecule has 0 rings (SSSR count). The summed E-state index contributed by atoms with van der Waals surface area (Å²) < 4.78 is 0. The number of thioether (sulfide) groups is 1. The van der Waals surface area contributed by atoms with E-state index in [-0.39, 0.29) is 0 Å². The quantitative estimate of drug-likeness (QED) is 0.417. The van der Waals surface area contributed by atoms with E-state index >= 15 is 0 Å². The molecule has 0 aromatic rings. The second-order valence-corrected chi connectivity index (χ2v) is 1.85. The summed E-state index contributed by atoms with van der Waals surface area (Å²) in [6, 6.07) is 0. The Balaban J connectivity index is 3.85. The minimum atomic E-state index is 0.831. The SMILES string of the molecule is C=C/C(=C/SC)N=C. The molecule has 0 heterocycles. The normalized spacial score (nSPS) is 10.9. The van der Waals surface area contributed by atoms with Gasteiger partial charge in [0.1, 0.15) is 0 Å². The van der Waals surface area contributed by atoms with Gasteiger partial charge in [0, 0.05) is 0 Å². The smallest absolute Gasteiger partial charge is 0.0679 e. The summed E-state index contributed by atoms with van der Waals surface area (Å²) in [6.45, 7) is 6.88. The van der Waals surface area contributed by atoms with E-state index < -0.39 is 0 Å². The van der Waals surface area contributed by atoms with Gasteiger partial charge in [-0.1, -0.05) is 6.58 Å². The molecule has 0 N–H and O–H groups in total. The molecular weight excluding hydrogens is 118 g/mol. The zero-order valence-electron chi connectivity index (χ0n) is 4.92. The highest BCUT2D eigenvalue weighted by atomic mass is 32.2. The maximum Gasteiger partial charge on any atom is 0.0679 e. The average Bonchev–Trinajstić information content (AvgIpc) is 1.83. The Labute approximate surface area is 54.2 Å². The van der Waals surface area contributed by atoms with Gasteiger partial charge in [0.2, 0.25) is 0 Å². The van der Waals surface area contributed by atoms with E-state index in [1.807, 2.05) is 11.7 Å². The van der Waals surface area contributed by atoms with Crippen molar-refractivity contribution < 1.29 is 0 Å². The van der Waals surface area contributed by atoms with Crippen LogP contribution in [0.15, 0.2) is 28.8 Å². The van der Waals surface area contributed by atoms with Crippen molar-refractivity contribution >= 4 is 18.5 Å². The molecule has 0 amide bonds. The Morgan fingerprint density at radius 3 is 2.50 bits per heavy atom. The fraction of sp³-hybridized carbons (Fsp3) is 0.167. The van der Waals surface area contributed by atoms with Crippen molar-refractivity contribution in [2.75, 3.05) is 6.26 Å². The van der Waals surface area contributed by atoms with Crippen molar-refractivity contribution in [2.24, 2.45) is 4.99 Å². The number of nitrogens with zero attached hydrogens (tertiary/aromatic N) is 1. The molecule has 0 radical (unpaired) electrons. The van der Waals surface area contributed by atoms with Crippen LogP contribution in [0.25, 0.3) is 0 Å². The lowest BCUT2D eigenvalue weighted by atomic mass is 10.5. The number of aliphatic imine (C=N–C) groups is 1. The fourth-order valence-corrected chi connectivity index (χ4v) is 0.683. The summed E-state index contributed by atoms with van der Waals surface area (Å²) in [5, 5.41) is 1.89. The van der Waals surface area contributed by atoms with E-state index in [0.29, 0.717) is 0 Å². The highest BCUT2D eigenvalue weighted by Gasteiger charge is 1.77. The molecule has 0 spiro atoms. The topological polar surface area (TPSA) is 12.4 Å². The molecule has 0 saturated carbocycles. The molecule has 0 aliphatic heterocycles. The Morgan fingerprint density at radius 1 is 1.75 bits per heavy atom. The molecule has 0 saturated heterocycles. The first-order valence-electron chi connectivity index (χ1n) is 2.17. The van der Waals surface area contributed by atoms with Gasteiger partial charge in [-0.15, -0.1) is 11.8 Å². The van der Waals surface area contributed by atoms with Crippen LogP contribution in [-0.4, -0.2) is 13.0 Å². The first-order chi connectivity index (χ1) is 3.85. The predicted molar refractivity (Wildman–Crippen MR) is 41.3 cm³/mol. The summed E-state index contributed by atoms with van der Waals surface area (Å²) in [5.41, 5.74) is 0.831. The largest absolute Gasteiger partial charge is 0.264 e. The minimum absolute atomic E-state index is 0.831. The molecule has 8 heavy (non-hydrogen) atoms. The van der Waals surface area contributed by atoms with Crippen LogP contribution in [0.4, 0.5) is 0 Å². The minimum Gasteiger partial charge on any atom is -0.264 e. The van der Waals surface area contributed by atoms with Crippen molar-refractivity contribution in [3.05, 3.63) is 23.8 Å². The van der Waals surface area contributed by atoms with Gasteiger partial charge in [-0.3, -0.25) is 4.99 Å². The highest BCUT2D eigenvalue weighted by molar-refractivity contribution is 8.01. The second-order valence-electron chi connectivity index (χ2n) is 1.14. The molecule has 0 aliphatic rings. The van der Waals surface area contributed by atoms with Gasteiger partial charge in [0.05, 0.1) is 5.70 Å². The number of hydrogen-bond acceptors (Lipinski definition) is 2. The van der Waals surface area contributed by atoms with Gasteiger partial charge in [-0.25, -0.2) is 0 Å². The lowest BCUT2D eigenvalue weighted by Gasteiger charge is -1.85. The van der Waals surface area contributed by atoms with Gasteiger partial charge < -0.3 is 0 Å². The van der Waals surface area contributed by atoms with Crippen LogP contribution < -0.4 is 0 Å². The van der Waals surface area contributed by atoms with Crippen LogP contribution in [0, 0.1) is 0 Å². The summed E-state index contributed by atoms with van der Waals surface area (Å²) in [4.78, 5) is 3.67. The number of hydrogen-bond donors (Lipinski definition) is 0. The monoisotopic (exact) mass is 127 g/mol. The van der Waals surface area contributed by atoms with Gasteiger partial charge in [0.25, 0.3) is 0 Å². The first-order valence-corrected chi connectivity index (χ1v) is 3.46. The van der Waals surface area contributed by atoms with E-state index in [1.165, 1.54) is 0 Å². The molecular formula is C6H9NS. The van der Waals surface area contributed by atoms with Crippen LogP contribution in [0.2, 0.25) is 0 Å². The highest BCUT2D eigenvalue weighted by Crippen LogP contribution is 2.03. The molecule has 0 aromatic heterocycles. The molecule has 0 aliphatic carbocycles. The summed E-state index contributed by atoms with van der Waals surface area (Å²) in [6.07, 6.45) is 3.64. The average molecular weight is 127 g/mol. The van der Waals surface area contributed by atoms with Gasteiger partial charge >= 0.3 is 0 Å². The van der Waals surface area contributed by atoms with Crippen molar-refractivity contribution in [3.8, 4) is 0 Å². The van der Waals surface area contributed by atoms with E-state index in [0.717, 1.165) is 5.70 Å². The van der Waals surface area contributed by atoms with Gasteiger partial charge in [0.15, 0.2) is 0 Å². The molecule has 0 fully saturated rings. The summed E-state index contributed by atoms with van der Waals surface area (Å²) in [5.74, 6) is 0. The lowest BCUT2D eigenvalue weighted by Crippen LogP contribution is -1.63. The predicted octanol–water partition coefficient (Wildman–Crippen LogP) is 2.08. The molecule has 1 nitrogen and oxygen atoms in total. The van der Waals surface area contributed by atoms with E-state index in [1.54, 1.807) is 17.8 Å². The second kappa shape index (κ2) is 4.65. The third-order valence-electron chi connectivity index (χ3n) is 0.630. The Hall–Kier alpha value is -0.500. The molecule has 0 aromatic carbocycles. The number of rotatable bonds is 3. The van der Waals surface area contributed by atoms with E-state index in [4.69, 9.17) is 0 Å². The van der Waals surface area contributed by atoms with Crippen LogP contribution in [-0.2, 0) is 0 Å². The zero-order chi connectivity index (χ0) is 6.41.